The molecule has 0 aliphatic carbocycles. The lowest BCUT2D eigenvalue weighted by Gasteiger charge is -2.22. The first-order valence-electron chi connectivity index (χ1n) is 9.19. The molecule has 0 aliphatic heterocycles. The van der Waals surface area contributed by atoms with Crippen molar-refractivity contribution in [3.8, 4) is 0 Å². The summed E-state index contributed by atoms with van der Waals surface area (Å²) in [6, 6.07) is 16.1. The third kappa shape index (κ3) is 4.45. The number of furan rings is 1. The molecule has 0 unspecified atom stereocenters. The molecule has 26 heavy (non-hydrogen) atoms. The number of unbranched alkanes of at least 4 members (excludes halogenated alkanes) is 1. The van der Waals surface area contributed by atoms with Crippen molar-refractivity contribution in [3.63, 3.8) is 0 Å². The molecule has 0 aliphatic rings. The number of nitrogens with zero attached hydrogens (tertiary/aromatic N) is 2. The molecule has 1 amide bonds. The van der Waals surface area contributed by atoms with Gasteiger partial charge in [0.05, 0.1) is 12.8 Å². The van der Waals surface area contributed by atoms with E-state index in [0.717, 1.165) is 31.6 Å². The Hall–Kier alpha value is -2.75. The number of amides is 1. The van der Waals surface area contributed by atoms with Crippen LogP contribution in [-0.2, 0) is 13.1 Å². The molecule has 0 bridgehead atoms. The highest BCUT2D eigenvalue weighted by Gasteiger charge is 2.19. The maximum Gasteiger partial charge on any atom is 0.289 e. The molecule has 1 aromatic carbocycles. The number of hydrogen-bond donors (Lipinski definition) is 0. The number of hydrogen-bond acceptors (Lipinski definition) is 2. The first-order chi connectivity index (χ1) is 12.7. The van der Waals surface area contributed by atoms with Crippen LogP contribution in [0.25, 0.3) is 0 Å². The zero-order chi connectivity index (χ0) is 18.4. The molecule has 4 nitrogen and oxygen atoms in total. The number of aromatic nitrogens is 1. The molecule has 0 radical (unpaired) electrons. The van der Waals surface area contributed by atoms with E-state index in [1.54, 1.807) is 18.4 Å². The topological polar surface area (TPSA) is 38.4 Å². The summed E-state index contributed by atoms with van der Waals surface area (Å²) in [5.74, 6) is 0.352. The van der Waals surface area contributed by atoms with E-state index in [4.69, 9.17) is 4.42 Å². The van der Waals surface area contributed by atoms with Crippen molar-refractivity contribution in [2.24, 2.45) is 0 Å². The molecule has 2 heterocycles. The molecule has 0 fully saturated rings. The Morgan fingerprint density at radius 3 is 2.77 bits per heavy atom. The van der Waals surface area contributed by atoms with Gasteiger partial charge < -0.3 is 13.9 Å². The molecule has 4 heteroatoms. The van der Waals surface area contributed by atoms with Crippen LogP contribution in [-0.4, -0.2) is 21.9 Å². The average Bonchev–Trinajstić information content (AvgIpc) is 3.30. The van der Waals surface area contributed by atoms with Gasteiger partial charge in [0.2, 0.25) is 0 Å². The summed E-state index contributed by atoms with van der Waals surface area (Å²) in [5, 5.41) is 0. The minimum atomic E-state index is -0.0493. The standard InChI is InChI=1S/C22H26N2O2/c1-3-4-12-24(22(25)21-11-7-14-26-21)17-20-10-6-13-23(20)16-19-9-5-8-18(2)15-19/h5-11,13-15H,3-4,12,16-17H2,1-2H3. The predicted octanol–water partition coefficient (Wildman–Crippen LogP) is 4.88. The first-order valence-corrected chi connectivity index (χ1v) is 9.19. The molecular weight excluding hydrogens is 324 g/mol. The van der Waals surface area contributed by atoms with Crippen molar-refractivity contribution in [3.05, 3.63) is 83.6 Å². The molecular formula is C22H26N2O2. The van der Waals surface area contributed by atoms with Gasteiger partial charge in [-0.2, -0.15) is 0 Å². The van der Waals surface area contributed by atoms with Gasteiger partial charge in [-0.25, -0.2) is 0 Å². The van der Waals surface area contributed by atoms with Crippen molar-refractivity contribution in [2.75, 3.05) is 6.54 Å². The van der Waals surface area contributed by atoms with Crippen LogP contribution < -0.4 is 0 Å². The zero-order valence-corrected chi connectivity index (χ0v) is 15.5. The van der Waals surface area contributed by atoms with Crippen LogP contribution in [0.4, 0.5) is 0 Å². The van der Waals surface area contributed by atoms with Crippen LogP contribution in [0, 0.1) is 6.92 Å². The van der Waals surface area contributed by atoms with Crippen LogP contribution in [0.1, 0.15) is 47.1 Å². The van der Waals surface area contributed by atoms with Crippen LogP contribution in [0.3, 0.4) is 0 Å². The highest BCUT2D eigenvalue weighted by atomic mass is 16.3. The zero-order valence-electron chi connectivity index (χ0n) is 15.5. The molecule has 3 rings (SSSR count). The van der Waals surface area contributed by atoms with E-state index in [1.165, 1.54) is 11.1 Å². The van der Waals surface area contributed by atoms with E-state index >= 15 is 0 Å². The first kappa shape index (κ1) is 18.1. The second-order valence-electron chi connectivity index (χ2n) is 6.67. The Kier molecular flexibility index (Phi) is 5.95. The van der Waals surface area contributed by atoms with E-state index in [1.807, 2.05) is 11.0 Å². The summed E-state index contributed by atoms with van der Waals surface area (Å²) in [5.41, 5.74) is 3.65. The van der Waals surface area contributed by atoms with Gasteiger partial charge in [-0.15, -0.1) is 0 Å². The highest BCUT2D eigenvalue weighted by Crippen LogP contribution is 2.15. The fourth-order valence-electron chi connectivity index (χ4n) is 3.11. The average molecular weight is 350 g/mol. The second kappa shape index (κ2) is 8.56. The van der Waals surface area contributed by atoms with E-state index in [-0.39, 0.29) is 5.91 Å². The third-order valence-electron chi connectivity index (χ3n) is 4.51. The van der Waals surface area contributed by atoms with E-state index in [0.29, 0.717) is 12.3 Å². The van der Waals surface area contributed by atoms with Crippen LogP contribution in [0.2, 0.25) is 0 Å². The fraction of sp³-hybridized carbons (Fsp3) is 0.318. The minimum Gasteiger partial charge on any atom is -0.459 e. The maximum absolute atomic E-state index is 12.8. The van der Waals surface area contributed by atoms with Gasteiger partial charge in [0.25, 0.3) is 5.91 Å². The van der Waals surface area contributed by atoms with Gasteiger partial charge in [-0.05, 0) is 43.2 Å². The molecule has 0 N–H and O–H groups in total. The largest absolute Gasteiger partial charge is 0.459 e. The van der Waals surface area contributed by atoms with Gasteiger partial charge in [-0.3, -0.25) is 4.79 Å². The maximum atomic E-state index is 12.8. The predicted molar refractivity (Wildman–Crippen MR) is 103 cm³/mol. The quantitative estimate of drug-likeness (QED) is 0.581. The Morgan fingerprint density at radius 2 is 2.04 bits per heavy atom. The molecule has 0 spiro atoms. The van der Waals surface area contributed by atoms with Gasteiger partial charge in [0.1, 0.15) is 0 Å². The molecule has 136 valence electrons. The molecule has 0 saturated heterocycles. The molecule has 2 aromatic heterocycles. The summed E-state index contributed by atoms with van der Waals surface area (Å²) in [6.45, 7) is 6.36. The second-order valence-corrected chi connectivity index (χ2v) is 6.67. The van der Waals surface area contributed by atoms with Crippen molar-refractivity contribution in [2.45, 2.75) is 39.8 Å². The summed E-state index contributed by atoms with van der Waals surface area (Å²) in [7, 11) is 0. The lowest BCUT2D eigenvalue weighted by atomic mass is 10.1. The van der Waals surface area contributed by atoms with Crippen LogP contribution in [0.15, 0.2) is 65.4 Å². The number of aryl methyl sites for hydroxylation is 1. The van der Waals surface area contributed by atoms with Gasteiger partial charge >= 0.3 is 0 Å². The summed E-state index contributed by atoms with van der Waals surface area (Å²) >= 11 is 0. The fourth-order valence-corrected chi connectivity index (χ4v) is 3.11. The number of carbonyl (C=O) groups is 1. The number of carbonyl (C=O) groups excluding carboxylic acids is 1. The molecule has 0 saturated carbocycles. The Morgan fingerprint density at radius 1 is 1.15 bits per heavy atom. The molecule has 3 aromatic rings. The van der Waals surface area contributed by atoms with Crippen molar-refractivity contribution in [1.29, 1.82) is 0 Å². The van der Waals surface area contributed by atoms with Crippen LogP contribution in [0.5, 0.6) is 0 Å². The lowest BCUT2D eigenvalue weighted by Crippen LogP contribution is -2.32. The number of benzene rings is 1. The summed E-state index contributed by atoms with van der Waals surface area (Å²) in [4.78, 5) is 14.7. The molecule has 0 atom stereocenters. The lowest BCUT2D eigenvalue weighted by molar-refractivity contribution is 0.0705. The smallest absolute Gasteiger partial charge is 0.289 e. The van der Waals surface area contributed by atoms with E-state index in [9.17, 15) is 4.79 Å². The monoisotopic (exact) mass is 350 g/mol. The third-order valence-corrected chi connectivity index (χ3v) is 4.51. The normalized spacial score (nSPS) is 10.8. The Bertz CT molecular complexity index is 833. The van der Waals surface area contributed by atoms with Gasteiger partial charge in [0, 0.05) is 25.0 Å². The van der Waals surface area contributed by atoms with Gasteiger partial charge in [0.15, 0.2) is 5.76 Å². The minimum absolute atomic E-state index is 0.0493. The van der Waals surface area contributed by atoms with Crippen LogP contribution >= 0.6 is 0 Å². The summed E-state index contributed by atoms with van der Waals surface area (Å²) < 4.78 is 7.53. The van der Waals surface area contributed by atoms with E-state index in [2.05, 4.69) is 54.9 Å². The Labute approximate surface area is 155 Å². The number of rotatable bonds is 8. The van der Waals surface area contributed by atoms with Gasteiger partial charge in [-0.1, -0.05) is 43.2 Å². The van der Waals surface area contributed by atoms with Crippen molar-refractivity contribution < 1.29 is 9.21 Å². The SMILES string of the molecule is CCCCN(Cc1cccn1Cc1cccc(C)c1)C(=O)c1ccco1. The van der Waals surface area contributed by atoms with Crippen molar-refractivity contribution in [1.82, 2.24) is 9.47 Å². The Balaban J connectivity index is 1.77. The van der Waals surface area contributed by atoms with Crippen molar-refractivity contribution >= 4 is 5.91 Å². The van der Waals surface area contributed by atoms with E-state index < -0.39 is 0 Å². The highest BCUT2D eigenvalue weighted by molar-refractivity contribution is 5.91. The summed E-state index contributed by atoms with van der Waals surface area (Å²) in [6.07, 6.45) is 5.65.